The molecule has 0 unspecified atom stereocenters. The van der Waals surface area contributed by atoms with Gasteiger partial charge in [-0.2, -0.15) is 0 Å². The van der Waals surface area contributed by atoms with Crippen molar-refractivity contribution in [1.82, 2.24) is 4.90 Å². The fourth-order valence-electron chi connectivity index (χ4n) is 1.25. The number of hydrogen-bond acceptors (Lipinski definition) is 2. The summed E-state index contributed by atoms with van der Waals surface area (Å²) in [5.74, 6) is -0.0698. The van der Waals surface area contributed by atoms with Gasteiger partial charge in [0, 0.05) is 23.6 Å². The number of carbonyl (C=O) groups excluding carboxylic acids is 1. The van der Waals surface area contributed by atoms with Crippen molar-refractivity contribution in [2.24, 2.45) is 0 Å². The van der Waals surface area contributed by atoms with Gasteiger partial charge in [-0.05, 0) is 30.7 Å². The first-order valence-electron chi connectivity index (χ1n) is 4.68. The number of carbonyl (C=O) groups is 1. The van der Waals surface area contributed by atoms with Gasteiger partial charge in [0.1, 0.15) is 0 Å². The van der Waals surface area contributed by atoms with Gasteiger partial charge >= 0.3 is 0 Å². The number of aliphatic hydroxyl groups excluding tert-OH is 1. The monoisotopic (exact) mass is 271 g/mol. The Balaban J connectivity index is 2.87. The molecule has 0 fully saturated rings. The minimum atomic E-state index is -0.0698. The first-order valence-corrected chi connectivity index (χ1v) is 5.48. The molecule has 0 saturated heterocycles. The van der Waals surface area contributed by atoms with E-state index in [1.54, 1.807) is 13.1 Å². The fraction of sp³-hybridized carbons (Fsp3) is 0.364. The van der Waals surface area contributed by atoms with E-state index in [1.165, 1.54) is 4.90 Å². The molecule has 0 spiro atoms. The second-order valence-corrected chi connectivity index (χ2v) is 4.27. The highest BCUT2D eigenvalue weighted by molar-refractivity contribution is 9.10. The van der Waals surface area contributed by atoms with Crippen molar-refractivity contribution in [3.63, 3.8) is 0 Å². The number of rotatable bonds is 3. The maximum absolute atomic E-state index is 11.8. The van der Waals surface area contributed by atoms with Crippen molar-refractivity contribution in [1.29, 1.82) is 0 Å². The van der Waals surface area contributed by atoms with Crippen LogP contribution in [0.5, 0.6) is 0 Å². The average molecular weight is 272 g/mol. The molecule has 0 aromatic heterocycles. The Morgan fingerprint density at radius 3 is 2.73 bits per heavy atom. The van der Waals surface area contributed by atoms with Crippen LogP contribution in [0.1, 0.15) is 15.9 Å². The molecule has 15 heavy (non-hydrogen) atoms. The van der Waals surface area contributed by atoms with Crippen molar-refractivity contribution < 1.29 is 9.90 Å². The molecule has 0 radical (unpaired) electrons. The lowest BCUT2D eigenvalue weighted by atomic mass is 10.1. The molecule has 0 atom stereocenters. The molecular weight excluding hydrogens is 258 g/mol. The molecule has 1 aromatic carbocycles. The summed E-state index contributed by atoms with van der Waals surface area (Å²) in [5, 5.41) is 8.73. The van der Waals surface area contributed by atoms with Crippen molar-refractivity contribution in [2.75, 3.05) is 20.2 Å². The number of hydrogen-bond donors (Lipinski definition) is 1. The summed E-state index contributed by atoms with van der Waals surface area (Å²) >= 11 is 3.38. The van der Waals surface area contributed by atoms with Crippen molar-refractivity contribution in [3.8, 4) is 0 Å². The van der Waals surface area contributed by atoms with Gasteiger partial charge in [0.05, 0.1) is 6.61 Å². The summed E-state index contributed by atoms with van der Waals surface area (Å²) in [4.78, 5) is 13.3. The van der Waals surface area contributed by atoms with Crippen LogP contribution in [0.3, 0.4) is 0 Å². The lowest BCUT2D eigenvalue weighted by Gasteiger charge is -2.16. The van der Waals surface area contributed by atoms with Gasteiger partial charge in [-0.1, -0.05) is 15.9 Å². The summed E-state index contributed by atoms with van der Waals surface area (Å²) in [6.07, 6.45) is 0. The first kappa shape index (κ1) is 12.2. The van der Waals surface area contributed by atoms with Gasteiger partial charge in [0.25, 0.3) is 5.91 Å². The van der Waals surface area contributed by atoms with E-state index >= 15 is 0 Å². The highest BCUT2D eigenvalue weighted by Gasteiger charge is 2.11. The van der Waals surface area contributed by atoms with Gasteiger partial charge in [-0.15, -0.1) is 0 Å². The number of aliphatic hydroxyl groups is 1. The van der Waals surface area contributed by atoms with Crippen LogP contribution in [0, 0.1) is 6.92 Å². The summed E-state index contributed by atoms with van der Waals surface area (Å²) < 4.78 is 0.990. The topological polar surface area (TPSA) is 40.5 Å². The number of benzene rings is 1. The maximum atomic E-state index is 11.8. The van der Waals surface area contributed by atoms with Crippen LogP contribution in [-0.2, 0) is 0 Å². The lowest BCUT2D eigenvalue weighted by molar-refractivity contribution is 0.0767. The predicted molar refractivity (Wildman–Crippen MR) is 62.9 cm³/mol. The Hall–Kier alpha value is -0.870. The van der Waals surface area contributed by atoms with Crippen LogP contribution < -0.4 is 0 Å². The lowest BCUT2D eigenvalue weighted by Crippen LogP contribution is -2.29. The molecule has 3 nitrogen and oxygen atoms in total. The van der Waals surface area contributed by atoms with Crippen LogP contribution in [-0.4, -0.2) is 36.1 Å². The Labute approximate surface area is 97.8 Å². The molecule has 1 amide bonds. The third-order valence-corrected chi connectivity index (χ3v) is 3.08. The van der Waals surface area contributed by atoms with Crippen LogP contribution >= 0.6 is 15.9 Å². The van der Waals surface area contributed by atoms with Crippen molar-refractivity contribution in [2.45, 2.75) is 6.92 Å². The van der Waals surface area contributed by atoms with Gasteiger partial charge in [0.15, 0.2) is 0 Å². The van der Waals surface area contributed by atoms with Gasteiger partial charge < -0.3 is 10.0 Å². The molecule has 0 heterocycles. The number of halogens is 1. The van der Waals surface area contributed by atoms with E-state index in [0.717, 1.165) is 10.0 Å². The quantitative estimate of drug-likeness (QED) is 0.911. The number of aryl methyl sites for hydroxylation is 1. The van der Waals surface area contributed by atoms with E-state index in [1.807, 2.05) is 19.1 Å². The second-order valence-electron chi connectivity index (χ2n) is 3.41. The molecule has 82 valence electrons. The molecule has 4 heteroatoms. The standard InChI is InChI=1S/C11H14BrNO2/c1-8-7-9(3-4-10(8)12)11(15)13(2)5-6-14/h3-4,7,14H,5-6H2,1-2H3. The summed E-state index contributed by atoms with van der Waals surface area (Å²) in [6.45, 7) is 2.28. The third-order valence-electron chi connectivity index (χ3n) is 2.19. The van der Waals surface area contributed by atoms with E-state index in [-0.39, 0.29) is 12.5 Å². The Morgan fingerprint density at radius 1 is 1.53 bits per heavy atom. The Morgan fingerprint density at radius 2 is 2.20 bits per heavy atom. The third kappa shape index (κ3) is 3.04. The van der Waals surface area contributed by atoms with E-state index in [0.29, 0.717) is 12.1 Å². The molecule has 0 aliphatic rings. The zero-order valence-electron chi connectivity index (χ0n) is 8.83. The van der Waals surface area contributed by atoms with E-state index in [4.69, 9.17) is 5.11 Å². The average Bonchev–Trinajstić information content (AvgIpc) is 2.21. The van der Waals surface area contributed by atoms with E-state index in [9.17, 15) is 4.79 Å². The zero-order valence-corrected chi connectivity index (χ0v) is 10.4. The normalized spacial score (nSPS) is 10.1. The molecule has 1 N–H and O–H groups in total. The molecule has 0 bridgehead atoms. The second kappa shape index (κ2) is 5.28. The number of nitrogens with zero attached hydrogens (tertiary/aromatic N) is 1. The molecule has 0 aliphatic carbocycles. The Bertz CT molecular complexity index is 366. The first-order chi connectivity index (χ1) is 7.06. The molecule has 0 aliphatic heterocycles. The largest absolute Gasteiger partial charge is 0.395 e. The van der Waals surface area contributed by atoms with Gasteiger partial charge in [0.2, 0.25) is 0 Å². The van der Waals surface area contributed by atoms with Crippen molar-refractivity contribution >= 4 is 21.8 Å². The highest BCUT2D eigenvalue weighted by atomic mass is 79.9. The minimum Gasteiger partial charge on any atom is -0.395 e. The van der Waals surface area contributed by atoms with Crippen LogP contribution in [0.25, 0.3) is 0 Å². The summed E-state index contributed by atoms with van der Waals surface area (Å²) in [7, 11) is 1.68. The van der Waals surface area contributed by atoms with Crippen LogP contribution in [0.15, 0.2) is 22.7 Å². The van der Waals surface area contributed by atoms with Crippen molar-refractivity contribution in [3.05, 3.63) is 33.8 Å². The van der Waals surface area contributed by atoms with E-state index in [2.05, 4.69) is 15.9 Å². The number of likely N-dealkylation sites (N-methyl/N-ethyl adjacent to an activating group) is 1. The van der Waals surface area contributed by atoms with Gasteiger partial charge in [-0.25, -0.2) is 0 Å². The molecule has 1 aromatic rings. The van der Waals surface area contributed by atoms with Crippen LogP contribution in [0.2, 0.25) is 0 Å². The fourth-order valence-corrected chi connectivity index (χ4v) is 1.50. The van der Waals surface area contributed by atoms with E-state index < -0.39 is 0 Å². The van der Waals surface area contributed by atoms with Gasteiger partial charge in [-0.3, -0.25) is 4.79 Å². The predicted octanol–water partition coefficient (Wildman–Crippen LogP) is 1.82. The summed E-state index contributed by atoms with van der Waals surface area (Å²) in [6, 6.07) is 5.46. The zero-order chi connectivity index (χ0) is 11.4. The van der Waals surface area contributed by atoms with Crippen LogP contribution in [0.4, 0.5) is 0 Å². The molecule has 0 saturated carbocycles. The molecule has 1 rings (SSSR count). The summed E-state index contributed by atoms with van der Waals surface area (Å²) in [5.41, 5.74) is 1.67. The smallest absolute Gasteiger partial charge is 0.253 e. The SMILES string of the molecule is Cc1cc(C(=O)N(C)CCO)ccc1Br. The highest BCUT2D eigenvalue weighted by Crippen LogP contribution is 2.17. The molecular formula is C11H14BrNO2. The minimum absolute atomic E-state index is 0.0161. The Kier molecular flexibility index (Phi) is 4.29. The maximum Gasteiger partial charge on any atom is 0.253 e. The number of amides is 1.